The molecule has 0 fully saturated rings. The van der Waals surface area contributed by atoms with E-state index in [2.05, 4.69) is 75.3 Å². The first kappa shape index (κ1) is 38.1. The molecule has 0 unspecified atom stereocenters. The molecule has 0 radical (unpaired) electrons. The highest BCUT2D eigenvalue weighted by atomic mass is 35.5. The van der Waals surface area contributed by atoms with Crippen LogP contribution in [0.15, 0.2) is 84.0 Å². The first-order chi connectivity index (χ1) is 20.2. The number of amides is 1. The van der Waals surface area contributed by atoms with Crippen LogP contribution in [0.25, 0.3) is 5.70 Å². The Bertz CT molecular complexity index is 1300. The minimum Gasteiger partial charge on any atom is -0.399 e. The van der Waals surface area contributed by atoms with Crippen LogP contribution in [-0.4, -0.2) is 19.7 Å². The highest BCUT2D eigenvalue weighted by molar-refractivity contribution is 6.34. The average Bonchev–Trinajstić information content (AvgIpc) is 2.99. The minimum atomic E-state index is -0.308. The van der Waals surface area contributed by atoms with Crippen LogP contribution in [0.1, 0.15) is 81.4 Å². The molecule has 1 aliphatic rings. The van der Waals surface area contributed by atoms with Crippen LogP contribution in [0, 0.1) is 6.92 Å². The fourth-order valence-electron chi connectivity index (χ4n) is 3.94. The van der Waals surface area contributed by atoms with Gasteiger partial charge < -0.3 is 16.8 Å². The van der Waals surface area contributed by atoms with Crippen molar-refractivity contribution in [3.63, 3.8) is 0 Å². The van der Waals surface area contributed by atoms with Gasteiger partial charge in [-0.2, -0.15) is 5.10 Å². The first-order valence-electron chi connectivity index (χ1n) is 14.4. The predicted molar refractivity (Wildman–Crippen MR) is 188 cm³/mol. The molecular weight excluding hydrogens is 542 g/mol. The van der Waals surface area contributed by atoms with Crippen LogP contribution in [0.5, 0.6) is 0 Å². The number of aryl methyl sites for hydroxylation is 2. The van der Waals surface area contributed by atoms with E-state index in [1.165, 1.54) is 30.2 Å². The molecule has 228 valence electrons. The molecule has 1 amide bonds. The summed E-state index contributed by atoms with van der Waals surface area (Å²) in [6, 6.07) is 19.0. The van der Waals surface area contributed by atoms with Gasteiger partial charge in [0.2, 0.25) is 0 Å². The number of allylic oxidation sites excluding steroid dienone is 2. The van der Waals surface area contributed by atoms with Crippen molar-refractivity contribution in [3.8, 4) is 0 Å². The second-order valence-corrected chi connectivity index (χ2v) is 9.51. The highest BCUT2D eigenvalue weighted by Crippen LogP contribution is 2.38. The maximum atomic E-state index is 12.8. The molecule has 0 spiro atoms. The fourth-order valence-corrected chi connectivity index (χ4v) is 4.14. The van der Waals surface area contributed by atoms with Gasteiger partial charge in [0, 0.05) is 23.7 Å². The third-order valence-electron chi connectivity index (χ3n) is 5.66. The molecule has 42 heavy (non-hydrogen) atoms. The quantitative estimate of drug-likeness (QED) is 0.119. The summed E-state index contributed by atoms with van der Waals surface area (Å²) in [6.07, 6.45) is 4.86. The van der Waals surface area contributed by atoms with Crippen LogP contribution in [-0.2, 0) is 6.42 Å². The number of hydrogen-bond donors (Lipinski definition) is 3. The number of hydrazone groups is 1. The topological polar surface area (TPSA) is 96.7 Å². The summed E-state index contributed by atoms with van der Waals surface area (Å²) in [5, 5.41) is 9.50. The maximum absolute atomic E-state index is 12.8. The Labute approximate surface area is 259 Å². The number of halogens is 1. The van der Waals surface area contributed by atoms with Crippen molar-refractivity contribution in [1.29, 1.82) is 0 Å². The van der Waals surface area contributed by atoms with E-state index < -0.39 is 0 Å². The van der Waals surface area contributed by atoms with Gasteiger partial charge in [-0.25, -0.2) is 5.01 Å². The van der Waals surface area contributed by atoms with Gasteiger partial charge in [0.25, 0.3) is 5.91 Å². The Kier molecular flexibility index (Phi) is 19.0. The van der Waals surface area contributed by atoms with E-state index in [1.54, 1.807) is 24.3 Å². The lowest BCUT2D eigenvalue weighted by Gasteiger charge is -2.29. The number of carbonyl (C=O) groups is 1. The van der Waals surface area contributed by atoms with Crippen molar-refractivity contribution in [2.45, 2.75) is 67.7 Å². The fraction of sp³-hybridized carbons (Fsp3) is 0.314. The summed E-state index contributed by atoms with van der Waals surface area (Å²) in [4.78, 5) is 12.8. The maximum Gasteiger partial charge on any atom is 0.257 e. The van der Waals surface area contributed by atoms with Gasteiger partial charge in [0.1, 0.15) is 0 Å². The van der Waals surface area contributed by atoms with Crippen molar-refractivity contribution in [2.75, 3.05) is 23.1 Å². The number of rotatable bonds is 5. The van der Waals surface area contributed by atoms with Crippen LogP contribution in [0.4, 0.5) is 17.1 Å². The molecule has 6 nitrogen and oxygen atoms in total. The number of nitrogens with one attached hydrogen (secondary N) is 1. The van der Waals surface area contributed by atoms with Crippen molar-refractivity contribution in [3.05, 3.63) is 106 Å². The molecule has 0 heterocycles. The molecular formula is C35H50ClN5O. The molecule has 0 saturated heterocycles. The zero-order valence-electron chi connectivity index (χ0n) is 26.7. The number of benzene rings is 3. The van der Waals surface area contributed by atoms with Gasteiger partial charge in [-0.1, -0.05) is 75.6 Å². The molecule has 3 aromatic rings. The predicted octanol–water partition coefficient (Wildman–Crippen LogP) is 9.49. The molecule has 0 aliphatic heterocycles. The summed E-state index contributed by atoms with van der Waals surface area (Å²) in [6.45, 7) is 21.5. The van der Waals surface area contributed by atoms with E-state index in [4.69, 9.17) is 17.3 Å². The minimum absolute atomic E-state index is 0.308. The van der Waals surface area contributed by atoms with Gasteiger partial charge in [-0.15, -0.1) is 6.58 Å². The van der Waals surface area contributed by atoms with Gasteiger partial charge in [-0.3, -0.25) is 4.79 Å². The van der Waals surface area contributed by atoms with Gasteiger partial charge in [0.05, 0.1) is 22.0 Å². The Balaban J connectivity index is 0.00000150. The average molecular weight is 592 g/mol. The lowest BCUT2D eigenvalue weighted by molar-refractivity contribution is 0.102. The van der Waals surface area contributed by atoms with Crippen molar-refractivity contribution in [2.24, 2.45) is 10.8 Å². The Morgan fingerprint density at radius 1 is 1.02 bits per heavy atom. The molecule has 3 aromatic carbocycles. The monoisotopic (exact) mass is 591 g/mol. The van der Waals surface area contributed by atoms with Crippen molar-refractivity contribution >= 4 is 47.0 Å². The Morgan fingerprint density at radius 2 is 1.60 bits per heavy atom. The number of anilines is 3. The number of carbonyl (C=O) groups excluding carboxylic acids is 1. The lowest BCUT2D eigenvalue weighted by Crippen LogP contribution is -2.20. The van der Waals surface area contributed by atoms with E-state index in [0.29, 0.717) is 22.0 Å². The summed E-state index contributed by atoms with van der Waals surface area (Å²) in [7, 11) is 1.50. The van der Waals surface area contributed by atoms with E-state index >= 15 is 0 Å². The van der Waals surface area contributed by atoms with Gasteiger partial charge >= 0.3 is 0 Å². The van der Waals surface area contributed by atoms with E-state index in [1.807, 2.05) is 50.0 Å². The molecule has 0 atom stereocenters. The number of nitrogens with zero attached hydrogens (tertiary/aromatic N) is 2. The van der Waals surface area contributed by atoms with Crippen LogP contribution in [0.3, 0.4) is 0 Å². The summed E-state index contributed by atoms with van der Waals surface area (Å²) >= 11 is 6.20. The second-order valence-electron chi connectivity index (χ2n) is 9.10. The van der Waals surface area contributed by atoms with Crippen molar-refractivity contribution in [1.82, 2.24) is 0 Å². The van der Waals surface area contributed by atoms with Gasteiger partial charge in [0.15, 0.2) is 0 Å². The first-order valence-corrected chi connectivity index (χ1v) is 14.8. The molecule has 7 heteroatoms. The Hall–Kier alpha value is -3.87. The summed E-state index contributed by atoms with van der Waals surface area (Å²) in [5.41, 5.74) is 18.4. The number of nitrogen functional groups attached to an aromatic ring is 1. The summed E-state index contributed by atoms with van der Waals surface area (Å²) < 4.78 is 0. The zero-order valence-corrected chi connectivity index (χ0v) is 27.5. The number of nitrogens with two attached hydrogens (primary N) is 2. The second kappa shape index (κ2) is 20.9. The third kappa shape index (κ3) is 11.2. The standard InChI is InChI=1S/C26H25ClN4O.C3H8.C3H6.C2H6.CH5N/c1-16-4-11-21(12-5-16)31(29-3)25-17(2)6-7-18-8-10-20(15-22(18)25)30-26(32)23-14-19(28)9-13-24(23)27;2*1-3-2;2*1-2/h4-5,8-15H,3,6-7,28H2,1-2H3,(H,30,32);3H2,1-2H3;3H,1H2,2H3;1-2H3;2H2,1H3. The van der Waals surface area contributed by atoms with E-state index in [9.17, 15) is 4.79 Å². The normalized spacial score (nSPS) is 10.8. The lowest BCUT2D eigenvalue weighted by atomic mass is 9.89. The Morgan fingerprint density at radius 3 is 2.14 bits per heavy atom. The van der Waals surface area contributed by atoms with E-state index in [-0.39, 0.29) is 5.91 Å². The molecule has 4 rings (SSSR count). The molecule has 0 aromatic heterocycles. The van der Waals surface area contributed by atoms with E-state index in [0.717, 1.165) is 29.8 Å². The smallest absolute Gasteiger partial charge is 0.257 e. The third-order valence-corrected chi connectivity index (χ3v) is 5.99. The summed E-state index contributed by atoms with van der Waals surface area (Å²) in [5.74, 6) is -0.308. The molecule has 0 bridgehead atoms. The number of hydrogen-bond acceptors (Lipinski definition) is 5. The van der Waals surface area contributed by atoms with Crippen molar-refractivity contribution < 1.29 is 4.79 Å². The van der Waals surface area contributed by atoms with Crippen LogP contribution < -0.4 is 21.8 Å². The molecule has 5 N–H and O–H groups in total. The van der Waals surface area contributed by atoms with Gasteiger partial charge in [-0.05, 0) is 94.3 Å². The van der Waals surface area contributed by atoms with Crippen LogP contribution >= 0.6 is 11.6 Å². The SMILES string of the molecule is C=CC.C=NN(C1=C(C)CCc2ccc(NC(=O)c3cc(N)ccc3Cl)cc21)c1ccc(C)cc1.CC.CCC.CN. The largest absolute Gasteiger partial charge is 0.399 e. The zero-order chi connectivity index (χ0) is 32.2. The molecule has 1 aliphatic carbocycles. The number of fused-ring (bicyclic) bond motifs is 1. The van der Waals surface area contributed by atoms with Crippen LogP contribution in [0.2, 0.25) is 5.02 Å². The molecule has 0 saturated carbocycles. The highest BCUT2D eigenvalue weighted by Gasteiger charge is 2.23.